The number of aromatic carboxylic acids is 1. The maximum absolute atomic E-state index is 12.7. The summed E-state index contributed by atoms with van der Waals surface area (Å²) in [5, 5.41) is 11.8. The first kappa shape index (κ1) is 23.8. The molecule has 0 heterocycles. The summed E-state index contributed by atoms with van der Waals surface area (Å²) in [6.07, 6.45) is 1.03. The van der Waals surface area contributed by atoms with Gasteiger partial charge in [0, 0.05) is 30.8 Å². The Bertz CT molecular complexity index is 1270. The average Bonchev–Trinajstić information content (AvgIpc) is 3.20. The van der Waals surface area contributed by atoms with E-state index in [0.717, 1.165) is 22.3 Å². The van der Waals surface area contributed by atoms with Crippen molar-refractivity contribution < 1.29 is 24.2 Å². The average molecular weight is 471 g/mol. The number of carbonyl (C=O) groups is 3. The number of anilines is 1. The molecule has 0 bridgehead atoms. The minimum absolute atomic E-state index is 0.0257. The van der Waals surface area contributed by atoms with Gasteiger partial charge >= 0.3 is 12.1 Å². The molecule has 1 aliphatic carbocycles. The lowest BCUT2D eigenvalue weighted by Crippen LogP contribution is -2.29. The second-order valence-corrected chi connectivity index (χ2v) is 8.31. The van der Waals surface area contributed by atoms with Crippen molar-refractivity contribution in [1.82, 2.24) is 5.32 Å². The van der Waals surface area contributed by atoms with Gasteiger partial charge in [-0.3, -0.25) is 4.79 Å². The van der Waals surface area contributed by atoms with E-state index in [4.69, 9.17) is 9.84 Å². The molecule has 0 saturated carbocycles. The molecule has 7 heteroatoms. The first-order chi connectivity index (χ1) is 16.9. The maximum atomic E-state index is 12.7. The summed E-state index contributed by atoms with van der Waals surface area (Å²) in [5.41, 5.74) is 5.56. The van der Waals surface area contributed by atoms with Gasteiger partial charge in [-0.25, -0.2) is 9.59 Å². The van der Waals surface area contributed by atoms with Gasteiger partial charge in [-0.1, -0.05) is 60.7 Å². The maximum Gasteiger partial charge on any atom is 0.407 e. The Hall–Kier alpha value is -4.39. The Kier molecular flexibility index (Phi) is 6.96. The second-order valence-electron chi connectivity index (χ2n) is 8.31. The number of likely N-dealkylation sites (N-methyl/N-ethyl adjacent to an activating group) is 1. The molecule has 7 nitrogen and oxygen atoms in total. The van der Waals surface area contributed by atoms with Crippen LogP contribution < -0.4 is 10.2 Å². The van der Waals surface area contributed by atoms with Gasteiger partial charge < -0.3 is 20.1 Å². The van der Waals surface area contributed by atoms with Crippen molar-refractivity contribution in [2.75, 3.05) is 25.1 Å². The van der Waals surface area contributed by atoms with E-state index in [1.807, 2.05) is 24.3 Å². The van der Waals surface area contributed by atoms with Gasteiger partial charge in [-0.15, -0.1) is 0 Å². The summed E-state index contributed by atoms with van der Waals surface area (Å²) >= 11 is 0. The number of amides is 2. The molecular formula is C28H26N2O5. The Morgan fingerprint density at radius 3 is 2.23 bits per heavy atom. The van der Waals surface area contributed by atoms with Crippen LogP contribution in [0.3, 0.4) is 0 Å². The Labute approximate surface area is 203 Å². The summed E-state index contributed by atoms with van der Waals surface area (Å²) in [4.78, 5) is 37.6. The van der Waals surface area contributed by atoms with Crippen molar-refractivity contribution >= 4 is 23.7 Å². The van der Waals surface area contributed by atoms with Crippen molar-refractivity contribution in [2.45, 2.75) is 12.8 Å². The molecule has 0 aromatic heterocycles. The van der Waals surface area contributed by atoms with Crippen molar-refractivity contribution in [3.8, 4) is 11.1 Å². The smallest absolute Gasteiger partial charge is 0.407 e. The molecule has 0 spiro atoms. The van der Waals surface area contributed by atoms with Crippen LogP contribution in [0.25, 0.3) is 11.1 Å². The summed E-state index contributed by atoms with van der Waals surface area (Å²) < 4.78 is 5.50. The molecule has 0 saturated heterocycles. The van der Waals surface area contributed by atoms with Crippen molar-refractivity contribution in [3.63, 3.8) is 0 Å². The molecule has 35 heavy (non-hydrogen) atoms. The van der Waals surface area contributed by atoms with Gasteiger partial charge in [0.1, 0.15) is 6.61 Å². The molecule has 0 radical (unpaired) electrons. The van der Waals surface area contributed by atoms with Crippen molar-refractivity contribution in [1.29, 1.82) is 0 Å². The zero-order valence-electron chi connectivity index (χ0n) is 19.5. The van der Waals surface area contributed by atoms with E-state index in [1.165, 1.54) is 17.0 Å². The van der Waals surface area contributed by atoms with Crippen LogP contribution in [0.15, 0.2) is 84.4 Å². The first-order valence-electron chi connectivity index (χ1n) is 11.2. The predicted octanol–water partition coefficient (Wildman–Crippen LogP) is 4.83. The normalized spacial score (nSPS) is 12.5. The molecule has 2 N–H and O–H groups in total. The number of hydrogen-bond donors (Lipinski definition) is 2. The monoisotopic (exact) mass is 470 g/mol. The van der Waals surface area contributed by atoms with Crippen LogP contribution in [-0.2, 0) is 9.53 Å². The zero-order chi connectivity index (χ0) is 24.9. The van der Waals surface area contributed by atoms with Crippen LogP contribution in [0.2, 0.25) is 0 Å². The number of carboxylic acid groups (broad SMARTS) is 1. The summed E-state index contributed by atoms with van der Waals surface area (Å²) in [6, 6.07) is 22.4. The number of benzene rings is 3. The number of carboxylic acids is 1. The minimum atomic E-state index is -1.06. The van der Waals surface area contributed by atoms with Crippen LogP contribution in [0.5, 0.6) is 0 Å². The number of nitrogens with zero attached hydrogens (tertiary/aromatic N) is 1. The van der Waals surface area contributed by atoms with Crippen LogP contribution in [0, 0.1) is 0 Å². The number of fused-ring (bicyclic) bond motifs is 3. The number of hydrogen-bond acceptors (Lipinski definition) is 4. The number of alkyl carbamates (subject to hydrolysis) is 1. The molecule has 4 rings (SSSR count). The molecule has 178 valence electrons. The lowest BCUT2D eigenvalue weighted by molar-refractivity contribution is -0.114. The number of nitrogens with one attached hydrogen (secondary N) is 1. The third-order valence-corrected chi connectivity index (χ3v) is 6.12. The van der Waals surface area contributed by atoms with Gasteiger partial charge in [0.15, 0.2) is 0 Å². The van der Waals surface area contributed by atoms with E-state index in [0.29, 0.717) is 11.3 Å². The van der Waals surface area contributed by atoms with Crippen LogP contribution >= 0.6 is 0 Å². The van der Waals surface area contributed by atoms with Gasteiger partial charge in [0.2, 0.25) is 0 Å². The Morgan fingerprint density at radius 2 is 1.60 bits per heavy atom. The van der Waals surface area contributed by atoms with Crippen molar-refractivity contribution in [3.05, 3.63) is 101 Å². The molecule has 0 unspecified atom stereocenters. The number of ether oxygens (including phenoxy) is 1. The molecule has 2 amide bonds. The standard InChI is InChI=1S/C28H26N2O5/c1-18(26(31)30(2)20-9-7-8-19(16-20)27(32)33)14-15-29-28(34)35-17-25-23-12-5-3-10-21(23)22-11-4-6-13-24(22)25/h3-14,16,25H,15,17H2,1-2H3,(H,29,34)(H,32,33)/b18-14+. The fourth-order valence-corrected chi connectivity index (χ4v) is 4.25. The van der Waals surface area contributed by atoms with E-state index in [9.17, 15) is 14.4 Å². The lowest BCUT2D eigenvalue weighted by atomic mass is 9.98. The van der Waals surface area contributed by atoms with E-state index < -0.39 is 12.1 Å². The summed E-state index contributed by atoms with van der Waals surface area (Å²) in [7, 11) is 1.57. The molecule has 0 atom stereocenters. The molecule has 3 aromatic rings. The van der Waals surface area contributed by atoms with Gasteiger partial charge in [-0.2, -0.15) is 0 Å². The van der Waals surface area contributed by atoms with Crippen molar-refractivity contribution in [2.24, 2.45) is 0 Å². The van der Waals surface area contributed by atoms with E-state index in [-0.39, 0.29) is 30.5 Å². The third-order valence-electron chi connectivity index (χ3n) is 6.12. The molecular weight excluding hydrogens is 444 g/mol. The highest BCUT2D eigenvalue weighted by atomic mass is 16.5. The first-order valence-corrected chi connectivity index (χ1v) is 11.2. The fourth-order valence-electron chi connectivity index (χ4n) is 4.25. The molecule has 0 aliphatic heterocycles. The molecule has 0 fully saturated rings. The van der Waals surface area contributed by atoms with Gasteiger partial charge in [0.05, 0.1) is 5.56 Å². The van der Waals surface area contributed by atoms with Crippen LogP contribution in [0.1, 0.15) is 34.3 Å². The van der Waals surface area contributed by atoms with E-state index in [2.05, 4.69) is 29.6 Å². The Balaban J connectivity index is 1.32. The minimum Gasteiger partial charge on any atom is -0.478 e. The molecule has 3 aromatic carbocycles. The quantitative estimate of drug-likeness (QED) is 0.482. The van der Waals surface area contributed by atoms with Gasteiger partial charge in [0.25, 0.3) is 5.91 Å². The highest BCUT2D eigenvalue weighted by molar-refractivity contribution is 6.05. The Morgan fingerprint density at radius 1 is 0.971 bits per heavy atom. The highest BCUT2D eigenvalue weighted by Gasteiger charge is 2.28. The highest BCUT2D eigenvalue weighted by Crippen LogP contribution is 2.44. The van der Waals surface area contributed by atoms with Crippen LogP contribution in [-0.4, -0.2) is 43.3 Å². The van der Waals surface area contributed by atoms with Crippen LogP contribution in [0.4, 0.5) is 10.5 Å². The fraction of sp³-hybridized carbons (Fsp3) is 0.179. The zero-order valence-corrected chi connectivity index (χ0v) is 19.5. The summed E-state index contributed by atoms with van der Waals surface area (Å²) in [5.74, 6) is -1.39. The SMILES string of the molecule is C/C(=C\CNC(=O)OCC1c2ccccc2-c2ccccc21)C(=O)N(C)c1cccc(C(=O)O)c1. The third kappa shape index (κ3) is 5.09. The number of carbonyl (C=O) groups excluding carboxylic acids is 2. The van der Waals surface area contributed by atoms with E-state index >= 15 is 0 Å². The largest absolute Gasteiger partial charge is 0.478 e. The molecule has 1 aliphatic rings. The van der Waals surface area contributed by atoms with Gasteiger partial charge in [-0.05, 0) is 47.4 Å². The summed E-state index contributed by atoms with van der Waals surface area (Å²) in [6.45, 7) is 1.97. The number of rotatable bonds is 7. The predicted molar refractivity (Wildman–Crippen MR) is 134 cm³/mol. The van der Waals surface area contributed by atoms with E-state index in [1.54, 1.807) is 32.2 Å². The lowest BCUT2D eigenvalue weighted by Gasteiger charge is -2.18. The second kappa shape index (κ2) is 10.3. The topological polar surface area (TPSA) is 95.9 Å².